The number of carbonyl (C=O) groups is 1. The van der Waals surface area contributed by atoms with E-state index in [0.29, 0.717) is 0 Å². The van der Waals surface area contributed by atoms with Gasteiger partial charge in [-0.25, -0.2) is 0 Å². The Hall–Kier alpha value is -0.790. The zero-order chi connectivity index (χ0) is 30.6. The van der Waals surface area contributed by atoms with Crippen LogP contribution in [0, 0.1) is 5.92 Å². The first-order valence-corrected chi connectivity index (χ1v) is 19.7. The third kappa shape index (κ3) is 33.7. The summed E-state index contributed by atoms with van der Waals surface area (Å²) in [4.78, 5) is 11.9. The Morgan fingerprint density at radius 2 is 0.643 bits per heavy atom. The molecule has 0 heterocycles. The molecule has 1 atom stereocenters. The van der Waals surface area contributed by atoms with Crippen molar-refractivity contribution in [3.05, 3.63) is 12.2 Å². The highest BCUT2D eigenvalue weighted by molar-refractivity contribution is 5.76. The molecule has 1 amide bonds. The summed E-state index contributed by atoms with van der Waals surface area (Å²) in [6.45, 7) is 4.58. The number of primary amides is 1. The average molecular weight is 590 g/mol. The fourth-order valence-corrected chi connectivity index (χ4v) is 6.36. The summed E-state index contributed by atoms with van der Waals surface area (Å²) in [5.41, 5.74) is 5.74. The molecular formula is C40H79NO. The van der Waals surface area contributed by atoms with Crippen molar-refractivity contribution in [1.29, 1.82) is 0 Å². The third-order valence-corrected chi connectivity index (χ3v) is 9.37. The van der Waals surface area contributed by atoms with Gasteiger partial charge in [0.05, 0.1) is 0 Å². The standard InChI is InChI=1S/C40H79NO/c1-3-5-7-9-11-13-15-17-19-21-22-24-26-28-30-32-34-36-38-39(40(41)42)37-35-33-31-29-27-25-23-20-18-16-14-12-10-8-6-4-2/h17,19,39H,3-16,18,20-38H2,1-2H3,(H2,41,42). The van der Waals surface area contributed by atoms with Gasteiger partial charge in [-0.05, 0) is 38.5 Å². The van der Waals surface area contributed by atoms with E-state index in [-0.39, 0.29) is 11.8 Å². The first-order valence-electron chi connectivity index (χ1n) is 19.7. The monoisotopic (exact) mass is 590 g/mol. The molecule has 0 radical (unpaired) electrons. The van der Waals surface area contributed by atoms with Crippen molar-refractivity contribution in [3.8, 4) is 0 Å². The minimum atomic E-state index is -0.0583. The second-order valence-electron chi connectivity index (χ2n) is 13.6. The highest BCUT2D eigenvalue weighted by Crippen LogP contribution is 2.20. The van der Waals surface area contributed by atoms with Gasteiger partial charge in [-0.1, -0.05) is 206 Å². The van der Waals surface area contributed by atoms with Gasteiger partial charge in [-0.15, -0.1) is 0 Å². The van der Waals surface area contributed by atoms with Gasteiger partial charge in [-0.3, -0.25) is 4.79 Å². The summed E-state index contributed by atoms with van der Waals surface area (Å²) in [5, 5.41) is 0. The number of allylic oxidation sites excluding steroid dienone is 2. The quantitative estimate of drug-likeness (QED) is 0.0573. The maximum absolute atomic E-state index is 11.9. The maximum atomic E-state index is 11.9. The summed E-state index contributed by atoms with van der Waals surface area (Å²) in [6, 6.07) is 0. The normalized spacial score (nSPS) is 12.4. The molecule has 0 fully saturated rings. The third-order valence-electron chi connectivity index (χ3n) is 9.37. The number of hydrogen-bond acceptors (Lipinski definition) is 1. The molecule has 0 aliphatic heterocycles. The molecular weight excluding hydrogens is 510 g/mol. The Balaban J connectivity index is 3.40. The molecule has 1 unspecified atom stereocenters. The van der Waals surface area contributed by atoms with E-state index in [1.165, 1.54) is 205 Å². The molecule has 2 N–H and O–H groups in total. The minimum absolute atomic E-state index is 0.0583. The van der Waals surface area contributed by atoms with Crippen LogP contribution in [0.5, 0.6) is 0 Å². The largest absolute Gasteiger partial charge is 0.369 e. The highest BCUT2D eigenvalue weighted by atomic mass is 16.1. The molecule has 0 spiro atoms. The van der Waals surface area contributed by atoms with E-state index >= 15 is 0 Å². The topological polar surface area (TPSA) is 43.1 Å². The van der Waals surface area contributed by atoms with Gasteiger partial charge in [0.25, 0.3) is 0 Å². The summed E-state index contributed by atoms with van der Waals surface area (Å²) in [7, 11) is 0. The van der Waals surface area contributed by atoms with E-state index in [2.05, 4.69) is 26.0 Å². The van der Waals surface area contributed by atoms with E-state index in [9.17, 15) is 4.79 Å². The van der Waals surface area contributed by atoms with Crippen LogP contribution in [0.25, 0.3) is 0 Å². The zero-order valence-corrected chi connectivity index (χ0v) is 29.3. The van der Waals surface area contributed by atoms with E-state index in [4.69, 9.17) is 5.73 Å². The molecule has 0 saturated carbocycles. The second-order valence-corrected chi connectivity index (χ2v) is 13.6. The number of hydrogen-bond donors (Lipinski definition) is 1. The lowest BCUT2D eigenvalue weighted by atomic mass is 9.93. The summed E-state index contributed by atoms with van der Waals surface area (Å²) in [5.74, 6) is 0.0581. The first kappa shape index (κ1) is 41.2. The van der Waals surface area contributed by atoms with Crippen LogP contribution in [-0.4, -0.2) is 5.91 Å². The lowest BCUT2D eigenvalue weighted by Crippen LogP contribution is -2.23. The number of nitrogens with two attached hydrogens (primary N) is 1. The molecule has 0 aromatic rings. The first-order chi connectivity index (χ1) is 20.7. The summed E-state index contributed by atoms with van der Waals surface area (Å²) >= 11 is 0. The van der Waals surface area contributed by atoms with Gasteiger partial charge < -0.3 is 5.73 Å². The molecule has 2 heteroatoms. The fraction of sp³-hybridized carbons (Fsp3) is 0.925. The van der Waals surface area contributed by atoms with E-state index in [1.807, 2.05) is 0 Å². The van der Waals surface area contributed by atoms with Crippen LogP contribution < -0.4 is 5.73 Å². The molecule has 0 aromatic heterocycles. The van der Waals surface area contributed by atoms with Gasteiger partial charge in [0.2, 0.25) is 5.91 Å². The Labute approximate surface area is 266 Å². The average Bonchev–Trinajstić information content (AvgIpc) is 2.99. The van der Waals surface area contributed by atoms with Crippen molar-refractivity contribution in [2.24, 2.45) is 11.7 Å². The van der Waals surface area contributed by atoms with Crippen LogP contribution in [-0.2, 0) is 4.79 Å². The van der Waals surface area contributed by atoms with Gasteiger partial charge in [-0.2, -0.15) is 0 Å². The molecule has 0 bridgehead atoms. The maximum Gasteiger partial charge on any atom is 0.220 e. The van der Waals surface area contributed by atoms with Crippen molar-refractivity contribution >= 4 is 5.91 Å². The van der Waals surface area contributed by atoms with Crippen LogP contribution in [0.15, 0.2) is 12.2 Å². The fourth-order valence-electron chi connectivity index (χ4n) is 6.36. The Bertz CT molecular complexity index is 542. The molecule has 0 rings (SSSR count). The lowest BCUT2D eigenvalue weighted by Gasteiger charge is -2.13. The predicted molar refractivity (Wildman–Crippen MR) is 190 cm³/mol. The zero-order valence-electron chi connectivity index (χ0n) is 29.3. The highest BCUT2D eigenvalue weighted by Gasteiger charge is 2.14. The van der Waals surface area contributed by atoms with Crippen molar-refractivity contribution in [2.75, 3.05) is 0 Å². The predicted octanol–water partition coefficient (Wildman–Crippen LogP) is 13.9. The molecule has 250 valence electrons. The summed E-state index contributed by atoms with van der Waals surface area (Å²) in [6.07, 6.45) is 50.7. The minimum Gasteiger partial charge on any atom is -0.369 e. The van der Waals surface area contributed by atoms with Gasteiger partial charge in [0, 0.05) is 5.92 Å². The Morgan fingerprint density at radius 3 is 0.905 bits per heavy atom. The Morgan fingerprint density at radius 1 is 0.405 bits per heavy atom. The van der Waals surface area contributed by atoms with Gasteiger partial charge >= 0.3 is 0 Å². The van der Waals surface area contributed by atoms with Crippen molar-refractivity contribution in [3.63, 3.8) is 0 Å². The van der Waals surface area contributed by atoms with Crippen LogP contribution in [0.1, 0.15) is 232 Å². The van der Waals surface area contributed by atoms with Crippen LogP contribution >= 0.6 is 0 Å². The van der Waals surface area contributed by atoms with E-state index in [1.54, 1.807) is 0 Å². The number of amides is 1. The smallest absolute Gasteiger partial charge is 0.220 e. The van der Waals surface area contributed by atoms with Crippen molar-refractivity contribution in [2.45, 2.75) is 232 Å². The van der Waals surface area contributed by atoms with Gasteiger partial charge in [0.15, 0.2) is 0 Å². The molecule has 0 saturated heterocycles. The lowest BCUT2D eigenvalue weighted by molar-refractivity contribution is -0.122. The number of rotatable bonds is 36. The summed E-state index contributed by atoms with van der Waals surface area (Å²) < 4.78 is 0. The SMILES string of the molecule is CCCCCCCCC=CCCCCCCCCCCC(CCCCCCCCCCCCCCCCCC)C(N)=O. The van der Waals surface area contributed by atoms with Crippen LogP contribution in [0.3, 0.4) is 0 Å². The van der Waals surface area contributed by atoms with Crippen LogP contribution in [0.2, 0.25) is 0 Å². The van der Waals surface area contributed by atoms with Crippen molar-refractivity contribution in [1.82, 2.24) is 0 Å². The molecule has 0 aliphatic carbocycles. The Kier molecular flexibility index (Phi) is 35.7. The van der Waals surface area contributed by atoms with Gasteiger partial charge in [0.1, 0.15) is 0 Å². The number of unbranched alkanes of at least 4 members (excludes halogenated alkanes) is 29. The number of carbonyl (C=O) groups excluding carboxylic acids is 1. The van der Waals surface area contributed by atoms with E-state index < -0.39 is 0 Å². The molecule has 2 nitrogen and oxygen atoms in total. The second kappa shape index (κ2) is 36.4. The molecule has 0 aliphatic rings. The molecule has 0 aromatic carbocycles. The molecule has 42 heavy (non-hydrogen) atoms. The van der Waals surface area contributed by atoms with Crippen molar-refractivity contribution < 1.29 is 4.79 Å². The van der Waals surface area contributed by atoms with E-state index in [0.717, 1.165) is 12.8 Å². The van der Waals surface area contributed by atoms with Crippen LogP contribution in [0.4, 0.5) is 0 Å².